The summed E-state index contributed by atoms with van der Waals surface area (Å²) in [7, 11) is 0. The molecule has 0 saturated carbocycles. The fraction of sp³-hybridized carbons (Fsp3) is 0.267. The summed E-state index contributed by atoms with van der Waals surface area (Å²) in [6.07, 6.45) is 1.96. The molecule has 0 amide bonds. The number of halogens is 1. The van der Waals surface area contributed by atoms with Gasteiger partial charge < -0.3 is 0 Å². The van der Waals surface area contributed by atoms with E-state index in [0.29, 0.717) is 17.9 Å². The summed E-state index contributed by atoms with van der Waals surface area (Å²) in [6, 6.07) is 11.7. The van der Waals surface area contributed by atoms with Crippen LogP contribution < -0.4 is 0 Å². The van der Waals surface area contributed by atoms with Gasteiger partial charge in [-0.3, -0.25) is 4.79 Å². The van der Waals surface area contributed by atoms with Crippen LogP contribution in [-0.4, -0.2) is 5.78 Å². The van der Waals surface area contributed by atoms with Crippen LogP contribution in [0.2, 0.25) is 5.02 Å². The summed E-state index contributed by atoms with van der Waals surface area (Å²) in [6.45, 7) is 2.13. The lowest BCUT2D eigenvalue weighted by Gasteiger charge is -2.02. The molecule has 0 aliphatic rings. The van der Waals surface area contributed by atoms with Crippen molar-refractivity contribution in [3.8, 4) is 0 Å². The van der Waals surface area contributed by atoms with E-state index >= 15 is 0 Å². The molecule has 0 atom stereocenters. The lowest BCUT2D eigenvalue weighted by molar-refractivity contribution is -0.117. The molecular weight excluding hydrogens is 264 g/mol. The van der Waals surface area contributed by atoms with Crippen LogP contribution in [-0.2, 0) is 24.1 Å². The van der Waals surface area contributed by atoms with E-state index in [2.05, 4.69) is 13.0 Å². The third kappa shape index (κ3) is 3.44. The van der Waals surface area contributed by atoms with Crippen LogP contribution in [0.5, 0.6) is 0 Å². The molecule has 0 aliphatic carbocycles. The van der Waals surface area contributed by atoms with E-state index in [1.54, 1.807) is 11.3 Å². The molecule has 1 nitrogen and oxygen atoms in total. The van der Waals surface area contributed by atoms with Crippen molar-refractivity contribution in [3.63, 3.8) is 0 Å². The van der Waals surface area contributed by atoms with E-state index in [1.165, 1.54) is 4.88 Å². The molecule has 0 aliphatic heterocycles. The SMILES string of the molecule is CCc1ccc(CC(=O)Cc2ccccc2Cl)s1. The number of carbonyl (C=O) groups excluding carboxylic acids is 1. The van der Waals surface area contributed by atoms with E-state index in [4.69, 9.17) is 11.6 Å². The van der Waals surface area contributed by atoms with E-state index in [-0.39, 0.29) is 5.78 Å². The van der Waals surface area contributed by atoms with Crippen LogP contribution in [0.15, 0.2) is 36.4 Å². The van der Waals surface area contributed by atoms with Crippen molar-refractivity contribution < 1.29 is 4.79 Å². The van der Waals surface area contributed by atoms with Gasteiger partial charge in [-0.2, -0.15) is 0 Å². The molecule has 1 aromatic heterocycles. The number of ketones is 1. The van der Waals surface area contributed by atoms with Crippen molar-refractivity contribution >= 4 is 28.7 Å². The number of aryl methyl sites for hydroxylation is 1. The molecule has 3 heteroatoms. The summed E-state index contributed by atoms with van der Waals surface area (Å²) in [5.41, 5.74) is 0.913. The summed E-state index contributed by atoms with van der Waals surface area (Å²) in [5, 5.41) is 0.672. The van der Waals surface area contributed by atoms with Crippen LogP contribution in [0.25, 0.3) is 0 Å². The monoisotopic (exact) mass is 278 g/mol. The quantitative estimate of drug-likeness (QED) is 0.796. The van der Waals surface area contributed by atoms with Crippen molar-refractivity contribution in [2.24, 2.45) is 0 Å². The van der Waals surface area contributed by atoms with Crippen LogP contribution in [0.3, 0.4) is 0 Å². The van der Waals surface area contributed by atoms with Gasteiger partial charge in [0.1, 0.15) is 5.78 Å². The number of Topliss-reactive ketones (excluding diaryl/α,β-unsaturated/α-hetero) is 1. The lowest BCUT2D eigenvalue weighted by atomic mass is 10.1. The first-order valence-corrected chi connectivity index (χ1v) is 7.21. The Labute approximate surface area is 116 Å². The molecule has 18 heavy (non-hydrogen) atoms. The molecule has 1 heterocycles. The minimum atomic E-state index is 0.215. The highest BCUT2D eigenvalue weighted by Gasteiger charge is 2.09. The first-order chi connectivity index (χ1) is 8.69. The van der Waals surface area contributed by atoms with Gasteiger partial charge in [0.05, 0.1) is 0 Å². The van der Waals surface area contributed by atoms with Gasteiger partial charge in [0, 0.05) is 27.6 Å². The lowest BCUT2D eigenvalue weighted by Crippen LogP contribution is -2.05. The highest BCUT2D eigenvalue weighted by atomic mass is 35.5. The first kappa shape index (κ1) is 13.3. The van der Waals surface area contributed by atoms with Gasteiger partial charge in [-0.1, -0.05) is 36.7 Å². The van der Waals surface area contributed by atoms with Gasteiger partial charge >= 0.3 is 0 Å². The standard InChI is InChI=1S/C15H15ClOS/c1-2-13-7-8-14(18-13)10-12(17)9-11-5-3-4-6-15(11)16/h3-8H,2,9-10H2,1H3. The van der Waals surface area contributed by atoms with Gasteiger partial charge in [-0.05, 0) is 30.2 Å². The van der Waals surface area contributed by atoms with Crippen LogP contribution in [0, 0.1) is 0 Å². The maximum absolute atomic E-state index is 12.0. The normalized spacial score (nSPS) is 10.6. The second-order valence-electron chi connectivity index (χ2n) is 4.21. The van der Waals surface area contributed by atoms with E-state index in [9.17, 15) is 4.79 Å². The van der Waals surface area contributed by atoms with Crippen LogP contribution in [0.1, 0.15) is 22.2 Å². The van der Waals surface area contributed by atoms with Gasteiger partial charge in [-0.25, -0.2) is 0 Å². The average molecular weight is 279 g/mol. The molecule has 1 aromatic carbocycles. The number of thiophene rings is 1. The van der Waals surface area contributed by atoms with E-state index in [1.807, 2.05) is 30.3 Å². The Morgan fingerprint density at radius 1 is 1.11 bits per heavy atom. The summed E-state index contributed by atoms with van der Waals surface area (Å²) < 4.78 is 0. The van der Waals surface area contributed by atoms with Crippen molar-refractivity contribution in [2.45, 2.75) is 26.2 Å². The number of rotatable bonds is 5. The Morgan fingerprint density at radius 2 is 1.83 bits per heavy atom. The Hall–Kier alpha value is -1.12. The van der Waals surface area contributed by atoms with Crippen LogP contribution >= 0.6 is 22.9 Å². The molecule has 94 valence electrons. The van der Waals surface area contributed by atoms with Gasteiger partial charge in [0.15, 0.2) is 0 Å². The molecule has 2 rings (SSSR count). The van der Waals surface area contributed by atoms with Gasteiger partial charge in [-0.15, -0.1) is 11.3 Å². The Balaban J connectivity index is 1.99. The molecule has 0 radical (unpaired) electrons. The van der Waals surface area contributed by atoms with Crippen molar-refractivity contribution in [2.75, 3.05) is 0 Å². The largest absolute Gasteiger partial charge is 0.299 e. The predicted octanol–water partition coefficient (Wildman–Crippen LogP) is 4.32. The summed E-state index contributed by atoms with van der Waals surface area (Å²) in [5.74, 6) is 0.215. The molecule has 0 N–H and O–H groups in total. The highest BCUT2D eigenvalue weighted by molar-refractivity contribution is 7.12. The maximum atomic E-state index is 12.0. The molecule has 0 spiro atoms. The smallest absolute Gasteiger partial charge is 0.142 e. The molecule has 2 aromatic rings. The second-order valence-corrected chi connectivity index (χ2v) is 5.87. The molecule has 0 unspecified atom stereocenters. The fourth-order valence-electron chi connectivity index (χ4n) is 1.82. The predicted molar refractivity (Wildman–Crippen MR) is 77.6 cm³/mol. The topological polar surface area (TPSA) is 17.1 Å². The van der Waals surface area contributed by atoms with Gasteiger partial charge in [0.2, 0.25) is 0 Å². The minimum Gasteiger partial charge on any atom is -0.299 e. The minimum absolute atomic E-state index is 0.215. The van der Waals surface area contributed by atoms with Gasteiger partial charge in [0.25, 0.3) is 0 Å². The molecule has 0 fully saturated rings. The van der Waals surface area contributed by atoms with Crippen molar-refractivity contribution in [3.05, 3.63) is 56.7 Å². The van der Waals surface area contributed by atoms with E-state index < -0.39 is 0 Å². The number of benzene rings is 1. The molecule has 0 bridgehead atoms. The zero-order chi connectivity index (χ0) is 13.0. The fourth-order valence-corrected chi connectivity index (χ4v) is 3.01. The Morgan fingerprint density at radius 3 is 2.50 bits per heavy atom. The second kappa shape index (κ2) is 6.17. The summed E-state index contributed by atoms with van der Waals surface area (Å²) in [4.78, 5) is 14.5. The summed E-state index contributed by atoms with van der Waals surface area (Å²) >= 11 is 7.77. The maximum Gasteiger partial charge on any atom is 0.142 e. The van der Waals surface area contributed by atoms with Crippen LogP contribution in [0.4, 0.5) is 0 Å². The highest BCUT2D eigenvalue weighted by Crippen LogP contribution is 2.20. The molecule has 0 saturated heterocycles. The van der Waals surface area contributed by atoms with E-state index in [0.717, 1.165) is 16.9 Å². The number of carbonyl (C=O) groups is 1. The third-order valence-corrected chi connectivity index (χ3v) is 4.38. The third-order valence-electron chi connectivity index (χ3n) is 2.78. The zero-order valence-corrected chi connectivity index (χ0v) is 11.9. The number of hydrogen-bond donors (Lipinski definition) is 0. The average Bonchev–Trinajstić information content (AvgIpc) is 2.80. The van der Waals surface area contributed by atoms with Crippen molar-refractivity contribution in [1.29, 1.82) is 0 Å². The number of hydrogen-bond acceptors (Lipinski definition) is 2. The Kier molecular flexibility index (Phi) is 4.56. The molecular formula is C15H15ClOS. The Bertz CT molecular complexity index is 545. The first-order valence-electron chi connectivity index (χ1n) is 6.01. The van der Waals surface area contributed by atoms with Crippen molar-refractivity contribution in [1.82, 2.24) is 0 Å². The zero-order valence-electron chi connectivity index (χ0n) is 10.3.